The molecular weight excluding hydrogens is 1390 g/mol. The molecule has 0 bridgehead atoms. The van der Waals surface area contributed by atoms with E-state index in [-0.39, 0.29) is 90.7 Å². The molecule has 0 saturated heterocycles. The first kappa shape index (κ1) is 75.4. The van der Waals surface area contributed by atoms with Gasteiger partial charge in [0.15, 0.2) is 0 Å². The second-order valence-corrected chi connectivity index (χ2v) is 24.7. The molecule has 0 saturated carbocycles. The number of hydrogen-bond acceptors (Lipinski definition) is 18. The number of nitrogens with two attached hydrogens (primary N) is 2. The minimum Gasteiger partial charge on any atom is -0.384 e. The maximum atomic E-state index is 13.2. The zero-order chi connectivity index (χ0) is 75.0. The van der Waals surface area contributed by atoms with Crippen LogP contribution >= 0.6 is 23.2 Å². The van der Waals surface area contributed by atoms with Crippen LogP contribution in [0.15, 0.2) is 221 Å². The number of primary amides is 1. The molecule has 0 fully saturated rings. The molecule has 10 heterocycles. The fourth-order valence-electron chi connectivity index (χ4n) is 11.0. The number of benzene rings is 4. The number of hydrogen-bond donors (Lipinski definition) is 8. The van der Waals surface area contributed by atoms with Crippen molar-refractivity contribution in [1.82, 2.24) is 64.5 Å². The normalized spacial score (nSPS) is 16.1. The van der Waals surface area contributed by atoms with Crippen molar-refractivity contribution < 1.29 is 41.5 Å². The number of carbonyl (C=O) groups excluding carboxylic acids is 5. The van der Waals surface area contributed by atoms with E-state index in [1.165, 1.54) is 112 Å². The molecule has 3 aliphatic rings. The Kier molecular flexibility index (Phi) is 24.0. The number of carbonyl (C=O) groups is 5. The summed E-state index contributed by atoms with van der Waals surface area (Å²) in [5.74, 6) is -1.39. The van der Waals surface area contributed by atoms with Gasteiger partial charge in [0.25, 0.3) is 45.9 Å². The summed E-state index contributed by atoms with van der Waals surface area (Å²) in [5.41, 5.74) is 10.3. The molecular formula is C72H63Cl2F4N17O9. The Morgan fingerprint density at radius 1 is 0.452 bits per heavy atom. The third-order valence-electron chi connectivity index (χ3n) is 15.7. The van der Waals surface area contributed by atoms with E-state index in [1.807, 2.05) is 0 Å². The van der Waals surface area contributed by atoms with E-state index < -0.39 is 34.0 Å². The summed E-state index contributed by atoms with van der Waals surface area (Å²) in [6.07, 6.45) is 10.3. The van der Waals surface area contributed by atoms with Gasteiger partial charge in [-0.05, 0) is 165 Å². The van der Waals surface area contributed by atoms with E-state index in [1.54, 1.807) is 130 Å². The summed E-state index contributed by atoms with van der Waals surface area (Å²) in [5, 5.41) is 14.5. The van der Waals surface area contributed by atoms with E-state index in [0.717, 1.165) is 22.3 Å². The highest BCUT2D eigenvalue weighted by molar-refractivity contribution is 6.30. The topological polar surface area (TPSA) is 374 Å². The Hall–Kier alpha value is -12.8. The van der Waals surface area contributed by atoms with Gasteiger partial charge in [-0.1, -0.05) is 71.7 Å². The van der Waals surface area contributed by atoms with E-state index in [9.17, 15) is 60.7 Å². The number of nitrogens with one attached hydrogen (secondary N) is 6. The predicted octanol–water partition coefficient (Wildman–Crippen LogP) is 8.80. The minimum atomic E-state index is -0.968. The van der Waals surface area contributed by atoms with Crippen LogP contribution in [-0.2, 0) is 47.5 Å². The standard InChI is InChI=1S/2C19H16FN5O2.C15H12ClFN2O2.C9H9FO.C6H5ClN2O2.C4H5N3/c2*1-19(10-12-2-4-13(20)5-3-12)24-17(26)15-7-6-14(18(27)25(15)19)23-16-8-9-21-11-22-16;1-15(8-9-2-4-10(17)5-3-9)18-13(20)12-7-6-11(16)14(21)19(12)15;1-7(11)6-8-2-4-9(10)5-3-8;7-3-1-2-4(5(8)10)9-6(3)11;5-4-1-2-6-3-7-4/h2*2-9,11H,10H2,1H3,(H,24,26)(H,21,22,23);2-7H,8H2,1H3,(H,18,20);2-5H,6H2,1H3;1-2H,(H2,8,10)(H,9,11);1-3H,(H2,5,6,7). The van der Waals surface area contributed by atoms with Crippen LogP contribution in [0.25, 0.3) is 0 Å². The molecule has 0 radical (unpaired) electrons. The lowest BCUT2D eigenvalue weighted by Crippen LogP contribution is -2.46. The number of nitrogen functional groups attached to an aromatic ring is 1. The van der Waals surface area contributed by atoms with E-state index in [2.05, 4.69) is 61.5 Å². The van der Waals surface area contributed by atoms with Crippen molar-refractivity contribution in [2.45, 2.75) is 70.4 Å². The maximum Gasteiger partial charge on any atom is 0.276 e. The first-order valence-corrected chi connectivity index (χ1v) is 31.9. The van der Waals surface area contributed by atoms with Gasteiger partial charge in [-0.3, -0.25) is 56.9 Å². The van der Waals surface area contributed by atoms with Crippen molar-refractivity contribution in [1.29, 1.82) is 0 Å². The number of amides is 4. The summed E-state index contributed by atoms with van der Waals surface area (Å²) in [4.78, 5) is 132. The maximum absolute atomic E-state index is 13.2. The van der Waals surface area contributed by atoms with E-state index >= 15 is 0 Å². The number of aromatic amines is 1. The summed E-state index contributed by atoms with van der Waals surface area (Å²) in [6, 6.07) is 40.7. The second kappa shape index (κ2) is 33.1. The molecule has 32 heteroatoms. The Bertz CT molecular complexity index is 5030. The number of aromatic nitrogens is 10. The first-order valence-electron chi connectivity index (χ1n) is 31.2. The van der Waals surface area contributed by atoms with Crippen LogP contribution in [-0.4, -0.2) is 78.0 Å². The van der Waals surface area contributed by atoms with E-state index in [0.29, 0.717) is 54.5 Å². The number of nitrogens with zero attached hydrogens (tertiary/aromatic N) is 9. The van der Waals surface area contributed by atoms with Gasteiger partial charge >= 0.3 is 0 Å². The number of H-pyrrole nitrogens is 1. The zero-order valence-electron chi connectivity index (χ0n) is 55.5. The molecule has 3 unspecified atom stereocenters. The van der Waals surface area contributed by atoms with Gasteiger partial charge in [0, 0.05) is 44.3 Å². The van der Waals surface area contributed by atoms with Crippen molar-refractivity contribution in [3.63, 3.8) is 0 Å². The summed E-state index contributed by atoms with van der Waals surface area (Å²) < 4.78 is 55.9. The van der Waals surface area contributed by atoms with Crippen LogP contribution in [0.1, 0.15) is 91.9 Å². The van der Waals surface area contributed by atoms with Crippen LogP contribution in [0.4, 0.5) is 46.4 Å². The van der Waals surface area contributed by atoms with E-state index in [4.69, 9.17) is 34.7 Å². The van der Waals surface area contributed by atoms with Crippen LogP contribution in [0.2, 0.25) is 10.0 Å². The minimum absolute atomic E-state index is 0.0370. The van der Waals surface area contributed by atoms with Crippen molar-refractivity contribution in [2.24, 2.45) is 5.73 Å². The average Bonchev–Trinajstić information content (AvgIpc) is 1.61. The highest BCUT2D eigenvalue weighted by atomic mass is 35.5. The highest BCUT2D eigenvalue weighted by Gasteiger charge is 2.43. The molecule has 532 valence electrons. The van der Waals surface area contributed by atoms with Crippen molar-refractivity contribution in [3.8, 4) is 0 Å². The predicted molar refractivity (Wildman–Crippen MR) is 379 cm³/mol. The van der Waals surface area contributed by atoms with Crippen LogP contribution in [0, 0.1) is 23.3 Å². The van der Waals surface area contributed by atoms with Crippen molar-refractivity contribution in [3.05, 3.63) is 321 Å². The molecule has 0 aliphatic carbocycles. The molecule has 10 N–H and O–H groups in total. The number of anilines is 5. The van der Waals surface area contributed by atoms with Gasteiger partial charge in [-0.15, -0.1) is 0 Å². The lowest BCUT2D eigenvalue weighted by atomic mass is 10.0. The van der Waals surface area contributed by atoms with Crippen molar-refractivity contribution >= 4 is 81.4 Å². The lowest BCUT2D eigenvalue weighted by molar-refractivity contribution is -0.116. The smallest absolute Gasteiger partial charge is 0.276 e. The molecule has 26 nitrogen and oxygen atoms in total. The fraction of sp³-hybridized carbons (Fsp3) is 0.153. The molecule has 14 rings (SSSR count). The lowest BCUT2D eigenvalue weighted by Gasteiger charge is -2.27. The van der Waals surface area contributed by atoms with Gasteiger partial charge in [0.2, 0.25) is 0 Å². The quantitative estimate of drug-likeness (QED) is 0.0500. The Balaban J connectivity index is 0.000000153. The molecule has 3 atom stereocenters. The number of halogens is 6. The Morgan fingerprint density at radius 3 is 1.12 bits per heavy atom. The monoisotopic (exact) mass is 1460 g/mol. The number of ketones is 1. The number of rotatable bonds is 13. The number of pyridine rings is 4. The summed E-state index contributed by atoms with van der Waals surface area (Å²) in [6.45, 7) is 6.78. The largest absolute Gasteiger partial charge is 0.384 e. The second-order valence-electron chi connectivity index (χ2n) is 23.8. The third kappa shape index (κ3) is 19.0. The van der Waals surface area contributed by atoms with Crippen LogP contribution < -0.4 is 60.3 Å². The molecule has 4 aromatic carbocycles. The van der Waals surface area contributed by atoms with Crippen LogP contribution in [0.3, 0.4) is 0 Å². The first-order chi connectivity index (χ1) is 49.5. The van der Waals surface area contributed by atoms with Gasteiger partial charge in [0.05, 0.1) is 0 Å². The zero-order valence-corrected chi connectivity index (χ0v) is 57.0. The molecule has 3 aliphatic heterocycles. The fourth-order valence-corrected chi connectivity index (χ4v) is 11.3. The molecule has 4 amide bonds. The SMILES string of the molecule is CC(=O)Cc1ccc(F)cc1.CC1(Cc2ccc(F)cc2)NC(=O)c2ccc(Cl)c(=O)n21.CC1(Cc2ccc(F)cc2)NC(=O)c2ccc(Nc3ccncn3)c(=O)n21.CC1(Cc2ccc(F)cc2)NC(=O)c2ccc(Nc3ccncn3)c(=O)n21.NC(=O)c1ccc(Cl)c(=O)[nH]1.Nc1ccncn1. The third-order valence-corrected chi connectivity index (χ3v) is 16.3. The van der Waals surface area contributed by atoms with Gasteiger partial charge < -0.3 is 43.0 Å². The summed E-state index contributed by atoms with van der Waals surface area (Å²) in [7, 11) is 0. The number of fused-ring (bicyclic) bond motifs is 3. The summed E-state index contributed by atoms with van der Waals surface area (Å²) >= 11 is 11.3. The molecule has 104 heavy (non-hydrogen) atoms. The Morgan fingerprint density at radius 2 is 0.798 bits per heavy atom. The van der Waals surface area contributed by atoms with Crippen LogP contribution in [0.5, 0.6) is 0 Å². The number of Topliss-reactive ketones (excluding diaryl/α,β-unsaturated/α-hetero) is 1. The van der Waals surface area contributed by atoms with Gasteiger partial charge in [-0.2, -0.15) is 0 Å². The average molecular weight is 1460 g/mol. The molecule has 0 spiro atoms. The molecule has 7 aromatic heterocycles. The van der Waals surface area contributed by atoms with Gasteiger partial charge in [0.1, 0.15) is 127 Å². The Labute approximate surface area is 598 Å². The highest BCUT2D eigenvalue weighted by Crippen LogP contribution is 2.30. The van der Waals surface area contributed by atoms with Crippen molar-refractivity contribution in [2.75, 3.05) is 16.4 Å². The van der Waals surface area contributed by atoms with Gasteiger partial charge in [-0.25, -0.2) is 47.5 Å². The molecule has 11 aromatic rings.